The van der Waals surface area contributed by atoms with E-state index in [-0.39, 0.29) is 17.3 Å². The van der Waals surface area contributed by atoms with Crippen molar-refractivity contribution in [3.63, 3.8) is 0 Å². The Kier molecular flexibility index (Phi) is 3.66. The Balaban J connectivity index is 2.24. The third-order valence-corrected chi connectivity index (χ3v) is 3.01. The van der Waals surface area contributed by atoms with Crippen molar-refractivity contribution in [2.24, 2.45) is 0 Å². The largest absolute Gasteiger partial charge is 0.368 e. The van der Waals surface area contributed by atoms with Crippen LogP contribution in [0.2, 0.25) is 5.02 Å². The minimum atomic E-state index is -0.501. The van der Waals surface area contributed by atoms with E-state index in [1.54, 1.807) is 0 Å². The van der Waals surface area contributed by atoms with Gasteiger partial charge in [0.2, 0.25) is 5.91 Å². The summed E-state index contributed by atoms with van der Waals surface area (Å²) in [5.41, 5.74) is 0.187. The summed E-state index contributed by atoms with van der Waals surface area (Å²) < 4.78 is 0. The lowest BCUT2D eigenvalue weighted by Gasteiger charge is -2.23. The lowest BCUT2D eigenvalue weighted by molar-refractivity contribution is -0.384. The number of carbonyl (C=O) groups excluding carboxylic acids is 1. The lowest BCUT2D eigenvalue weighted by Crippen LogP contribution is -2.44. The Hall–Kier alpha value is -1.82. The lowest BCUT2D eigenvalue weighted by atomic mass is 10.1. The fourth-order valence-electron chi connectivity index (χ4n) is 1.88. The van der Waals surface area contributed by atoms with Crippen LogP contribution in [-0.2, 0) is 4.79 Å². The van der Waals surface area contributed by atoms with Crippen LogP contribution < -0.4 is 10.6 Å². The zero-order valence-corrected chi connectivity index (χ0v) is 10.2. The number of nitro groups is 1. The van der Waals surface area contributed by atoms with Crippen LogP contribution in [0.25, 0.3) is 0 Å². The molecule has 1 saturated heterocycles. The van der Waals surface area contributed by atoms with Crippen molar-refractivity contribution >= 4 is 28.9 Å². The molecular formula is C11H12ClN3O3. The molecule has 1 aliphatic rings. The summed E-state index contributed by atoms with van der Waals surface area (Å²) in [6, 6.07) is 3.79. The van der Waals surface area contributed by atoms with Gasteiger partial charge in [0, 0.05) is 17.6 Å². The van der Waals surface area contributed by atoms with Crippen LogP contribution in [0.4, 0.5) is 11.4 Å². The smallest absolute Gasteiger partial charge is 0.292 e. The molecule has 1 aliphatic heterocycles. The van der Waals surface area contributed by atoms with Crippen molar-refractivity contribution in [2.75, 3.05) is 11.9 Å². The normalized spacial score (nSPS) is 19.2. The third kappa shape index (κ3) is 2.70. The molecule has 96 valence electrons. The highest BCUT2D eigenvalue weighted by Crippen LogP contribution is 2.28. The zero-order valence-electron chi connectivity index (χ0n) is 9.48. The molecule has 0 radical (unpaired) electrons. The SMILES string of the molecule is O=C1NCCCC1Nc1cc(Cl)ccc1[N+](=O)[O-]. The maximum absolute atomic E-state index is 11.6. The molecular weight excluding hydrogens is 258 g/mol. The molecule has 2 rings (SSSR count). The standard InChI is InChI=1S/C11H12ClN3O3/c12-7-3-4-10(15(17)18)9(6-7)14-8-2-1-5-13-11(8)16/h3-4,6,8,14H,1-2,5H2,(H,13,16). The van der Waals surface area contributed by atoms with Gasteiger partial charge in [0.15, 0.2) is 0 Å². The van der Waals surface area contributed by atoms with E-state index in [4.69, 9.17) is 11.6 Å². The first-order chi connectivity index (χ1) is 8.58. The average Bonchev–Trinajstić information content (AvgIpc) is 2.32. The van der Waals surface area contributed by atoms with Crippen molar-refractivity contribution in [1.29, 1.82) is 0 Å². The average molecular weight is 270 g/mol. The molecule has 6 nitrogen and oxygen atoms in total. The summed E-state index contributed by atoms with van der Waals surface area (Å²) in [6.45, 7) is 0.647. The van der Waals surface area contributed by atoms with Crippen LogP contribution in [0, 0.1) is 10.1 Å². The number of benzene rings is 1. The molecule has 1 aromatic carbocycles. The number of piperidine rings is 1. The second-order valence-corrected chi connectivity index (χ2v) is 4.49. The van der Waals surface area contributed by atoms with E-state index in [0.29, 0.717) is 18.0 Å². The van der Waals surface area contributed by atoms with Gasteiger partial charge in [-0.2, -0.15) is 0 Å². The number of nitro benzene ring substituents is 1. The van der Waals surface area contributed by atoms with Gasteiger partial charge >= 0.3 is 0 Å². The maximum atomic E-state index is 11.6. The van der Waals surface area contributed by atoms with Gasteiger partial charge < -0.3 is 10.6 Å². The zero-order chi connectivity index (χ0) is 13.1. The molecule has 18 heavy (non-hydrogen) atoms. The maximum Gasteiger partial charge on any atom is 0.292 e. The van der Waals surface area contributed by atoms with Gasteiger partial charge in [-0.25, -0.2) is 0 Å². The number of nitrogens with zero attached hydrogens (tertiary/aromatic N) is 1. The first-order valence-electron chi connectivity index (χ1n) is 5.56. The Morgan fingerprint density at radius 1 is 1.50 bits per heavy atom. The van der Waals surface area contributed by atoms with Gasteiger partial charge in [-0.15, -0.1) is 0 Å². The molecule has 1 amide bonds. The second kappa shape index (κ2) is 5.22. The molecule has 7 heteroatoms. The number of rotatable bonds is 3. The number of hydrogen-bond acceptors (Lipinski definition) is 4. The predicted octanol–water partition coefficient (Wildman–Crippen LogP) is 1.94. The molecule has 1 unspecified atom stereocenters. The number of amides is 1. The number of anilines is 1. The highest BCUT2D eigenvalue weighted by atomic mass is 35.5. The Morgan fingerprint density at radius 3 is 2.94 bits per heavy atom. The van der Waals surface area contributed by atoms with Crippen molar-refractivity contribution in [3.8, 4) is 0 Å². The van der Waals surface area contributed by atoms with E-state index in [9.17, 15) is 14.9 Å². The molecule has 0 saturated carbocycles. The monoisotopic (exact) mass is 269 g/mol. The molecule has 2 N–H and O–H groups in total. The van der Waals surface area contributed by atoms with E-state index < -0.39 is 11.0 Å². The Morgan fingerprint density at radius 2 is 2.28 bits per heavy atom. The topological polar surface area (TPSA) is 84.3 Å². The third-order valence-electron chi connectivity index (χ3n) is 2.77. The highest BCUT2D eigenvalue weighted by Gasteiger charge is 2.24. The molecule has 1 heterocycles. The van der Waals surface area contributed by atoms with E-state index in [1.807, 2.05) is 0 Å². The van der Waals surface area contributed by atoms with Gasteiger partial charge in [0.05, 0.1) is 4.92 Å². The van der Waals surface area contributed by atoms with E-state index in [1.165, 1.54) is 18.2 Å². The van der Waals surface area contributed by atoms with Crippen molar-refractivity contribution in [3.05, 3.63) is 33.3 Å². The Bertz CT molecular complexity index is 492. The summed E-state index contributed by atoms with van der Waals surface area (Å²) in [6.07, 6.45) is 1.49. The quantitative estimate of drug-likeness (QED) is 0.649. The van der Waals surface area contributed by atoms with Crippen LogP contribution in [0.15, 0.2) is 18.2 Å². The van der Waals surface area contributed by atoms with Gasteiger partial charge in [0.25, 0.3) is 5.69 Å². The highest BCUT2D eigenvalue weighted by molar-refractivity contribution is 6.31. The summed E-state index contributed by atoms with van der Waals surface area (Å²) >= 11 is 5.81. The number of nitrogens with one attached hydrogen (secondary N) is 2. The van der Waals surface area contributed by atoms with Crippen LogP contribution in [0.5, 0.6) is 0 Å². The van der Waals surface area contributed by atoms with Gasteiger partial charge in [-0.1, -0.05) is 11.6 Å². The van der Waals surface area contributed by atoms with Crippen LogP contribution in [-0.4, -0.2) is 23.4 Å². The van der Waals surface area contributed by atoms with Crippen LogP contribution in [0.1, 0.15) is 12.8 Å². The minimum Gasteiger partial charge on any atom is -0.368 e. The molecule has 0 spiro atoms. The fraction of sp³-hybridized carbons (Fsp3) is 0.364. The van der Waals surface area contributed by atoms with Gasteiger partial charge in [-0.05, 0) is 25.0 Å². The number of carbonyl (C=O) groups is 1. The van der Waals surface area contributed by atoms with E-state index in [0.717, 1.165) is 6.42 Å². The fourth-order valence-corrected chi connectivity index (χ4v) is 2.05. The van der Waals surface area contributed by atoms with E-state index in [2.05, 4.69) is 10.6 Å². The van der Waals surface area contributed by atoms with Crippen LogP contribution >= 0.6 is 11.6 Å². The number of hydrogen-bond donors (Lipinski definition) is 2. The minimum absolute atomic E-state index is 0.0854. The van der Waals surface area contributed by atoms with Crippen molar-refractivity contribution < 1.29 is 9.72 Å². The van der Waals surface area contributed by atoms with Gasteiger partial charge in [-0.3, -0.25) is 14.9 Å². The molecule has 0 aliphatic carbocycles. The summed E-state index contributed by atoms with van der Waals surface area (Å²) in [4.78, 5) is 22.0. The first kappa shape index (κ1) is 12.6. The summed E-state index contributed by atoms with van der Waals surface area (Å²) in [7, 11) is 0. The van der Waals surface area contributed by atoms with E-state index >= 15 is 0 Å². The Labute approximate surface area is 108 Å². The van der Waals surface area contributed by atoms with Crippen LogP contribution in [0.3, 0.4) is 0 Å². The predicted molar refractivity (Wildman–Crippen MR) is 67.8 cm³/mol. The molecule has 0 aromatic heterocycles. The van der Waals surface area contributed by atoms with Crippen molar-refractivity contribution in [1.82, 2.24) is 5.32 Å². The first-order valence-corrected chi connectivity index (χ1v) is 5.94. The number of halogens is 1. The van der Waals surface area contributed by atoms with Crippen molar-refractivity contribution in [2.45, 2.75) is 18.9 Å². The molecule has 0 bridgehead atoms. The second-order valence-electron chi connectivity index (χ2n) is 4.05. The summed E-state index contributed by atoms with van der Waals surface area (Å²) in [5.74, 6) is -0.143. The molecule has 1 atom stereocenters. The van der Waals surface area contributed by atoms with Gasteiger partial charge in [0.1, 0.15) is 11.7 Å². The summed E-state index contributed by atoms with van der Waals surface area (Å²) in [5, 5.41) is 16.9. The molecule has 1 aromatic rings. The molecule has 1 fully saturated rings.